The molecule has 0 spiro atoms. The Labute approximate surface area is 225 Å². The largest absolute Gasteiger partial charge is 0.508 e. The second-order valence-electron chi connectivity index (χ2n) is 8.96. The van der Waals surface area contributed by atoms with Gasteiger partial charge in [0.05, 0.1) is 12.5 Å². The first kappa shape index (κ1) is 32.8. The van der Waals surface area contributed by atoms with Crippen molar-refractivity contribution in [2.24, 2.45) is 22.9 Å². The summed E-state index contributed by atoms with van der Waals surface area (Å²) in [5, 5.41) is 25.8. The van der Waals surface area contributed by atoms with Gasteiger partial charge in [-0.1, -0.05) is 12.1 Å². The maximum Gasteiger partial charge on any atom is 0.326 e. The first-order chi connectivity index (χ1) is 18.3. The lowest BCUT2D eigenvalue weighted by Crippen LogP contribution is -2.58. The van der Waals surface area contributed by atoms with Crippen molar-refractivity contribution in [3.8, 4) is 5.75 Å². The number of rotatable bonds is 18. The molecule has 216 valence electrons. The molecule has 0 bridgehead atoms. The number of nitrogens with two attached hydrogens (primary N) is 4. The summed E-state index contributed by atoms with van der Waals surface area (Å²) >= 11 is 0. The highest BCUT2D eigenvalue weighted by atomic mass is 16.4. The minimum absolute atomic E-state index is 0.0233. The molecule has 0 fully saturated rings. The van der Waals surface area contributed by atoms with Gasteiger partial charge >= 0.3 is 5.97 Å². The standard InChI is InChI=1S/C24H37N7O8/c25-10-2-1-3-17(24(38)39)30-22(36)16(8-9-19(27)33)29-23(37)18(12-20(28)34)31-21(35)15(26)11-13-4-6-14(32)7-5-13/h4-7,15-18,32H,1-3,8-12,25-26H2,(H2,27,33)(H2,28,34)(H,29,37)(H,30,36)(H,31,35)(H,38,39). The number of unbranched alkanes of at least 4 members (excludes halogenated alkanes) is 1. The molecule has 4 atom stereocenters. The van der Waals surface area contributed by atoms with Crippen LogP contribution in [0.4, 0.5) is 0 Å². The molecule has 4 unspecified atom stereocenters. The van der Waals surface area contributed by atoms with Gasteiger partial charge in [-0.2, -0.15) is 0 Å². The van der Waals surface area contributed by atoms with E-state index in [4.69, 9.17) is 22.9 Å². The number of carboxylic acids is 1. The Morgan fingerprint density at radius 3 is 1.87 bits per heavy atom. The topological polar surface area (TPSA) is 283 Å². The van der Waals surface area contributed by atoms with E-state index in [1.807, 2.05) is 0 Å². The Kier molecular flexibility index (Phi) is 13.9. The first-order valence-electron chi connectivity index (χ1n) is 12.3. The van der Waals surface area contributed by atoms with Crippen molar-refractivity contribution in [2.45, 2.75) is 69.1 Å². The van der Waals surface area contributed by atoms with Crippen LogP contribution in [0, 0.1) is 0 Å². The van der Waals surface area contributed by atoms with Crippen LogP contribution in [0.5, 0.6) is 5.75 Å². The molecule has 0 aromatic heterocycles. The number of aromatic hydroxyl groups is 1. The van der Waals surface area contributed by atoms with Crippen LogP contribution in [0.3, 0.4) is 0 Å². The number of benzene rings is 1. The number of nitrogens with one attached hydrogen (secondary N) is 3. The quantitative estimate of drug-likeness (QED) is 0.0837. The number of amides is 5. The van der Waals surface area contributed by atoms with E-state index in [1.165, 1.54) is 12.1 Å². The number of carboxylic acid groups (broad SMARTS) is 1. The Morgan fingerprint density at radius 1 is 0.769 bits per heavy atom. The number of carbonyl (C=O) groups excluding carboxylic acids is 5. The highest BCUT2D eigenvalue weighted by molar-refractivity contribution is 5.96. The maximum absolute atomic E-state index is 13.0. The number of phenolic OH excluding ortho intramolecular Hbond substituents is 1. The molecule has 0 radical (unpaired) electrons. The smallest absolute Gasteiger partial charge is 0.326 e. The molecule has 0 heterocycles. The van der Waals surface area contributed by atoms with Gasteiger partial charge in [-0.05, 0) is 56.3 Å². The average molecular weight is 552 g/mol. The molecule has 0 aliphatic heterocycles. The predicted octanol–water partition coefficient (Wildman–Crippen LogP) is -2.93. The van der Waals surface area contributed by atoms with Crippen LogP contribution >= 0.6 is 0 Å². The second kappa shape index (κ2) is 16.6. The molecule has 0 saturated heterocycles. The number of carbonyl (C=O) groups is 6. The minimum atomic E-state index is -1.52. The molecular weight excluding hydrogens is 514 g/mol. The van der Waals surface area contributed by atoms with Crippen molar-refractivity contribution >= 4 is 35.5 Å². The van der Waals surface area contributed by atoms with E-state index >= 15 is 0 Å². The van der Waals surface area contributed by atoms with E-state index in [0.29, 0.717) is 24.9 Å². The molecular formula is C24H37N7O8. The molecule has 15 heteroatoms. The van der Waals surface area contributed by atoms with E-state index in [9.17, 15) is 39.0 Å². The summed E-state index contributed by atoms with van der Waals surface area (Å²) in [4.78, 5) is 73.0. The van der Waals surface area contributed by atoms with Crippen LogP contribution in [-0.2, 0) is 35.2 Å². The van der Waals surface area contributed by atoms with Crippen molar-refractivity contribution in [1.29, 1.82) is 0 Å². The van der Waals surface area contributed by atoms with Crippen LogP contribution in [0.25, 0.3) is 0 Å². The molecule has 0 saturated carbocycles. The summed E-state index contributed by atoms with van der Waals surface area (Å²) in [6.45, 7) is 0.336. The molecule has 0 aliphatic rings. The zero-order valence-electron chi connectivity index (χ0n) is 21.4. The lowest BCUT2D eigenvalue weighted by atomic mass is 10.0. The Balaban J connectivity index is 2.98. The van der Waals surface area contributed by atoms with Crippen LogP contribution < -0.4 is 38.9 Å². The van der Waals surface area contributed by atoms with Gasteiger partial charge in [-0.15, -0.1) is 0 Å². The van der Waals surface area contributed by atoms with Crippen molar-refractivity contribution in [1.82, 2.24) is 16.0 Å². The lowest BCUT2D eigenvalue weighted by molar-refractivity contribution is -0.142. The van der Waals surface area contributed by atoms with Crippen LogP contribution in [0.2, 0.25) is 0 Å². The molecule has 13 N–H and O–H groups in total. The molecule has 1 rings (SSSR count). The number of hydrogen-bond acceptors (Lipinski definition) is 9. The van der Waals surface area contributed by atoms with E-state index < -0.39 is 66.1 Å². The van der Waals surface area contributed by atoms with Crippen molar-refractivity contribution in [3.63, 3.8) is 0 Å². The summed E-state index contributed by atoms with van der Waals surface area (Å²) < 4.78 is 0. The zero-order chi connectivity index (χ0) is 29.5. The van der Waals surface area contributed by atoms with Gasteiger partial charge in [0, 0.05) is 6.42 Å². The van der Waals surface area contributed by atoms with E-state index in [0.717, 1.165) is 0 Å². The summed E-state index contributed by atoms with van der Waals surface area (Å²) in [6.07, 6.45) is -0.165. The predicted molar refractivity (Wildman–Crippen MR) is 138 cm³/mol. The van der Waals surface area contributed by atoms with Crippen molar-refractivity contribution in [3.05, 3.63) is 29.8 Å². The average Bonchev–Trinajstić information content (AvgIpc) is 2.86. The van der Waals surface area contributed by atoms with Gasteiger partial charge in [0.15, 0.2) is 0 Å². The number of primary amides is 2. The summed E-state index contributed by atoms with van der Waals surface area (Å²) in [5.41, 5.74) is 22.4. The van der Waals surface area contributed by atoms with Crippen molar-refractivity contribution < 1.29 is 39.0 Å². The van der Waals surface area contributed by atoms with E-state index in [-0.39, 0.29) is 31.4 Å². The molecule has 1 aromatic rings. The van der Waals surface area contributed by atoms with Gasteiger partial charge in [0.1, 0.15) is 23.9 Å². The Hall–Kier alpha value is -4.24. The number of phenols is 1. The van der Waals surface area contributed by atoms with Gasteiger partial charge in [0.25, 0.3) is 0 Å². The highest BCUT2D eigenvalue weighted by Gasteiger charge is 2.31. The van der Waals surface area contributed by atoms with Gasteiger partial charge in [0.2, 0.25) is 29.5 Å². The molecule has 15 nitrogen and oxygen atoms in total. The maximum atomic E-state index is 13.0. The fraction of sp³-hybridized carbons (Fsp3) is 0.500. The van der Waals surface area contributed by atoms with Crippen LogP contribution in [-0.4, -0.2) is 76.4 Å². The second-order valence-corrected chi connectivity index (χ2v) is 8.96. The van der Waals surface area contributed by atoms with Gasteiger partial charge in [-0.3, -0.25) is 24.0 Å². The first-order valence-corrected chi connectivity index (χ1v) is 12.3. The SMILES string of the molecule is NCCCCC(NC(=O)C(CCC(N)=O)NC(=O)C(CC(N)=O)NC(=O)C(N)Cc1ccc(O)cc1)C(=O)O. The molecule has 0 aliphatic carbocycles. The number of aliphatic carboxylic acids is 1. The third-order valence-corrected chi connectivity index (χ3v) is 5.64. The third kappa shape index (κ3) is 12.7. The fourth-order valence-corrected chi connectivity index (χ4v) is 3.52. The van der Waals surface area contributed by atoms with Gasteiger partial charge < -0.3 is 49.1 Å². The van der Waals surface area contributed by atoms with Crippen LogP contribution in [0.1, 0.15) is 44.1 Å². The lowest BCUT2D eigenvalue weighted by Gasteiger charge is -2.24. The fourth-order valence-electron chi connectivity index (χ4n) is 3.52. The Morgan fingerprint density at radius 2 is 1.33 bits per heavy atom. The van der Waals surface area contributed by atoms with Gasteiger partial charge in [-0.25, -0.2) is 4.79 Å². The molecule has 5 amide bonds. The van der Waals surface area contributed by atoms with Crippen LogP contribution in [0.15, 0.2) is 24.3 Å². The Bertz CT molecular complexity index is 1020. The van der Waals surface area contributed by atoms with E-state index in [1.54, 1.807) is 12.1 Å². The third-order valence-electron chi connectivity index (χ3n) is 5.64. The molecule has 1 aromatic carbocycles. The summed E-state index contributed by atoms with van der Waals surface area (Å²) in [5.74, 6) is -5.68. The molecule has 39 heavy (non-hydrogen) atoms. The number of hydrogen-bond donors (Lipinski definition) is 9. The summed E-state index contributed by atoms with van der Waals surface area (Å²) in [6, 6.07) is 0.564. The minimum Gasteiger partial charge on any atom is -0.508 e. The highest BCUT2D eigenvalue weighted by Crippen LogP contribution is 2.11. The normalized spacial score (nSPS) is 13.8. The monoisotopic (exact) mass is 551 g/mol. The van der Waals surface area contributed by atoms with E-state index in [2.05, 4.69) is 16.0 Å². The van der Waals surface area contributed by atoms with Crippen molar-refractivity contribution in [2.75, 3.05) is 6.54 Å². The summed E-state index contributed by atoms with van der Waals surface area (Å²) in [7, 11) is 0. The zero-order valence-corrected chi connectivity index (χ0v) is 21.4.